The number of nitrogens with zero attached hydrogens (tertiary/aromatic N) is 1. The van der Waals surface area contributed by atoms with Crippen molar-refractivity contribution < 1.29 is 38.2 Å². The first-order valence-electron chi connectivity index (χ1n) is 10.9. The highest BCUT2D eigenvalue weighted by molar-refractivity contribution is 6.07. The third kappa shape index (κ3) is 4.53. The highest BCUT2D eigenvalue weighted by atomic mass is 16.5. The van der Waals surface area contributed by atoms with E-state index < -0.39 is 24.5 Å². The molecular weight excluding hydrogens is 420 g/mol. The van der Waals surface area contributed by atoms with Crippen LogP contribution >= 0.6 is 0 Å². The van der Waals surface area contributed by atoms with Gasteiger partial charge in [-0.15, -0.1) is 0 Å². The second-order valence-corrected chi connectivity index (χ2v) is 7.84. The Morgan fingerprint density at radius 1 is 0.938 bits per heavy atom. The summed E-state index contributed by atoms with van der Waals surface area (Å²) >= 11 is 0. The van der Waals surface area contributed by atoms with Crippen LogP contribution in [0.5, 0.6) is 0 Å². The van der Waals surface area contributed by atoms with Gasteiger partial charge in [-0.05, 0) is 39.2 Å². The van der Waals surface area contributed by atoms with Crippen LogP contribution in [0.15, 0.2) is 0 Å². The number of esters is 3. The third-order valence-electron chi connectivity index (χ3n) is 5.88. The van der Waals surface area contributed by atoms with Gasteiger partial charge in [0, 0.05) is 0 Å². The average molecular weight is 448 g/mol. The fraction of sp³-hybridized carbons (Fsp3) is 0.591. The Hall–Kier alpha value is -3.17. The molecule has 174 valence electrons. The van der Waals surface area contributed by atoms with Gasteiger partial charge in [0.1, 0.15) is 18.8 Å². The van der Waals surface area contributed by atoms with Gasteiger partial charge in [-0.1, -0.05) is 12.8 Å². The van der Waals surface area contributed by atoms with Crippen molar-refractivity contribution in [1.82, 2.24) is 9.88 Å². The molecule has 0 aromatic carbocycles. The maximum Gasteiger partial charge on any atom is 0.355 e. The maximum absolute atomic E-state index is 12.5. The summed E-state index contributed by atoms with van der Waals surface area (Å²) in [5.74, 6) is -3.46. The number of likely N-dealkylation sites (tertiary alicyclic amines) is 1. The van der Waals surface area contributed by atoms with Crippen LogP contribution in [-0.2, 0) is 35.2 Å². The van der Waals surface area contributed by atoms with Gasteiger partial charge in [-0.2, -0.15) is 0 Å². The molecule has 2 aliphatic rings. The summed E-state index contributed by atoms with van der Waals surface area (Å²) in [5.41, 5.74) is 0.643. The van der Waals surface area contributed by atoms with E-state index in [2.05, 4.69) is 4.98 Å². The van der Waals surface area contributed by atoms with E-state index in [1.807, 2.05) is 0 Å². The van der Waals surface area contributed by atoms with Crippen LogP contribution in [-0.4, -0.2) is 59.4 Å². The van der Waals surface area contributed by atoms with E-state index in [0.29, 0.717) is 18.4 Å². The molecule has 1 aliphatic heterocycles. The molecule has 1 aliphatic carbocycles. The van der Waals surface area contributed by atoms with Crippen molar-refractivity contribution in [2.75, 3.05) is 19.8 Å². The number of hydrogen-bond acceptors (Lipinski definition) is 8. The van der Waals surface area contributed by atoms with Gasteiger partial charge in [-0.25, -0.2) is 9.59 Å². The van der Waals surface area contributed by atoms with Gasteiger partial charge in [0.2, 0.25) is 11.8 Å². The van der Waals surface area contributed by atoms with E-state index in [9.17, 15) is 24.0 Å². The van der Waals surface area contributed by atoms with Crippen molar-refractivity contribution in [3.05, 3.63) is 22.5 Å². The van der Waals surface area contributed by atoms with E-state index in [-0.39, 0.29) is 60.4 Å². The van der Waals surface area contributed by atoms with E-state index in [1.54, 1.807) is 20.8 Å². The molecule has 2 atom stereocenters. The Balaban J connectivity index is 1.71. The number of carbonyl (C=O) groups excluding carboxylic acids is 5. The second kappa shape index (κ2) is 9.97. The molecule has 2 amide bonds. The van der Waals surface area contributed by atoms with Crippen molar-refractivity contribution in [2.24, 2.45) is 11.8 Å². The zero-order valence-electron chi connectivity index (χ0n) is 18.5. The van der Waals surface area contributed by atoms with Crippen molar-refractivity contribution >= 4 is 29.7 Å². The molecule has 1 saturated heterocycles. The van der Waals surface area contributed by atoms with Gasteiger partial charge < -0.3 is 19.2 Å². The molecule has 1 aromatic heterocycles. The third-order valence-corrected chi connectivity index (χ3v) is 5.88. The Morgan fingerprint density at radius 3 is 2.06 bits per heavy atom. The molecule has 1 saturated carbocycles. The zero-order chi connectivity index (χ0) is 23.4. The number of nitrogens with one attached hydrogen (secondary N) is 1. The van der Waals surface area contributed by atoms with Crippen molar-refractivity contribution in [2.45, 2.75) is 53.1 Å². The van der Waals surface area contributed by atoms with Crippen molar-refractivity contribution in [3.8, 4) is 0 Å². The maximum atomic E-state index is 12.5. The Kier molecular flexibility index (Phi) is 7.32. The van der Waals surface area contributed by atoms with Gasteiger partial charge >= 0.3 is 17.9 Å². The quantitative estimate of drug-likeness (QED) is 0.362. The summed E-state index contributed by atoms with van der Waals surface area (Å²) in [6.07, 6.45) is 3.10. The summed E-state index contributed by atoms with van der Waals surface area (Å²) < 4.78 is 15.3. The molecule has 1 N–H and O–H groups in total. The van der Waals surface area contributed by atoms with E-state index in [0.717, 1.165) is 17.7 Å². The predicted octanol–water partition coefficient (Wildman–Crippen LogP) is 1.89. The first-order chi connectivity index (χ1) is 15.3. The van der Waals surface area contributed by atoms with E-state index in [4.69, 9.17) is 14.2 Å². The molecule has 0 bridgehead atoms. The Labute approximate surface area is 185 Å². The monoisotopic (exact) mass is 448 g/mol. The molecule has 0 radical (unpaired) electrons. The van der Waals surface area contributed by atoms with Crippen LogP contribution in [0.4, 0.5) is 0 Å². The highest BCUT2D eigenvalue weighted by Crippen LogP contribution is 2.37. The SMILES string of the molecule is CCOC(=O)c1[nH]c(COC(=O)CN2C(=O)[C@H]3CCCC[C@@H]3C2=O)c(C(=O)OCC)c1C. The van der Waals surface area contributed by atoms with Gasteiger partial charge in [0.15, 0.2) is 0 Å². The molecule has 2 fully saturated rings. The largest absolute Gasteiger partial charge is 0.462 e. The van der Waals surface area contributed by atoms with Crippen LogP contribution in [0.1, 0.15) is 71.6 Å². The standard InChI is InChI=1S/C22H28N2O8/c1-4-30-21(28)17-12(3)18(22(29)31-5-2)23-15(17)11-32-16(25)10-24-19(26)13-8-6-7-9-14(13)20(24)27/h13-14,23H,4-11H2,1-3H3/t13-,14-/m0/s1. The summed E-state index contributed by atoms with van der Waals surface area (Å²) in [5, 5.41) is 0. The molecule has 10 nitrogen and oxygen atoms in total. The highest BCUT2D eigenvalue weighted by Gasteiger charge is 2.48. The minimum Gasteiger partial charge on any atom is -0.462 e. The summed E-state index contributed by atoms with van der Waals surface area (Å²) in [7, 11) is 0. The number of aromatic amines is 1. The number of hydrogen-bond donors (Lipinski definition) is 1. The van der Waals surface area contributed by atoms with Gasteiger partial charge in [0.05, 0.1) is 36.3 Å². The number of fused-ring (bicyclic) bond motifs is 1. The number of rotatable bonds is 8. The predicted molar refractivity (Wildman–Crippen MR) is 109 cm³/mol. The minimum atomic E-state index is -0.787. The van der Waals surface area contributed by atoms with Gasteiger partial charge in [-0.3, -0.25) is 19.3 Å². The summed E-state index contributed by atoms with van der Waals surface area (Å²) in [4.78, 5) is 65.8. The molecule has 1 aromatic rings. The van der Waals surface area contributed by atoms with Crippen LogP contribution in [0, 0.1) is 18.8 Å². The Bertz CT molecular complexity index is 911. The lowest BCUT2D eigenvalue weighted by molar-refractivity contribution is -0.153. The Morgan fingerprint density at radius 2 is 1.50 bits per heavy atom. The van der Waals surface area contributed by atoms with Crippen LogP contribution in [0.25, 0.3) is 0 Å². The lowest BCUT2D eigenvalue weighted by Crippen LogP contribution is -2.36. The zero-order valence-corrected chi connectivity index (χ0v) is 18.5. The normalized spacial score (nSPS) is 20.2. The van der Waals surface area contributed by atoms with Crippen molar-refractivity contribution in [3.63, 3.8) is 0 Å². The summed E-state index contributed by atoms with van der Waals surface area (Å²) in [6.45, 7) is 4.29. The number of ether oxygens (including phenoxy) is 3. The molecule has 32 heavy (non-hydrogen) atoms. The minimum absolute atomic E-state index is 0.0647. The fourth-order valence-corrected chi connectivity index (χ4v) is 4.37. The molecule has 10 heteroatoms. The molecular formula is C22H28N2O8. The number of H-pyrrole nitrogens is 1. The van der Waals surface area contributed by atoms with Crippen LogP contribution in [0.3, 0.4) is 0 Å². The van der Waals surface area contributed by atoms with E-state index in [1.165, 1.54) is 0 Å². The number of aromatic nitrogens is 1. The number of carbonyl (C=O) groups is 5. The lowest BCUT2D eigenvalue weighted by atomic mass is 9.81. The topological polar surface area (TPSA) is 132 Å². The van der Waals surface area contributed by atoms with E-state index >= 15 is 0 Å². The van der Waals surface area contributed by atoms with Gasteiger partial charge in [0.25, 0.3) is 0 Å². The smallest absolute Gasteiger partial charge is 0.355 e. The van der Waals surface area contributed by atoms with Crippen molar-refractivity contribution in [1.29, 1.82) is 0 Å². The molecule has 3 rings (SSSR count). The average Bonchev–Trinajstić information content (AvgIpc) is 3.22. The first-order valence-corrected chi connectivity index (χ1v) is 10.9. The first kappa shape index (κ1) is 23.5. The molecule has 0 spiro atoms. The number of amides is 2. The van der Waals surface area contributed by atoms with Crippen LogP contribution in [0.2, 0.25) is 0 Å². The lowest BCUT2D eigenvalue weighted by Gasteiger charge is -2.19. The summed E-state index contributed by atoms with van der Waals surface area (Å²) in [6, 6.07) is 0. The molecule has 0 unspecified atom stereocenters. The fourth-order valence-electron chi connectivity index (χ4n) is 4.37. The molecule has 2 heterocycles. The van der Waals surface area contributed by atoms with Crippen LogP contribution < -0.4 is 0 Å². The number of imide groups is 1. The second-order valence-electron chi connectivity index (χ2n) is 7.84.